The van der Waals surface area contributed by atoms with E-state index in [4.69, 9.17) is 11.6 Å². The predicted octanol–water partition coefficient (Wildman–Crippen LogP) is 3.17. The Bertz CT molecular complexity index is 318. The van der Waals surface area contributed by atoms with Crippen molar-refractivity contribution in [1.82, 2.24) is 0 Å². The van der Waals surface area contributed by atoms with Gasteiger partial charge in [0.05, 0.1) is 0 Å². The molecule has 0 aliphatic heterocycles. The Balaban J connectivity index is 2.72. The van der Waals surface area contributed by atoms with Crippen molar-refractivity contribution in [1.29, 1.82) is 0 Å². The van der Waals surface area contributed by atoms with Gasteiger partial charge in [-0.2, -0.15) is 0 Å². The van der Waals surface area contributed by atoms with Crippen LogP contribution in [0.15, 0.2) is 18.2 Å². The van der Waals surface area contributed by atoms with E-state index in [1.54, 1.807) is 6.92 Å². The molecule has 13 heavy (non-hydrogen) atoms. The molecule has 1 aromatic carbocycles. The van der Waals surface area contributed by atoms with Crippen molar-refractivity contribution in [2.24, 2.45) is 0 Å². The zero-order valence-electron chi connectivity index (χ0n) is 7.93. The predicted molar refractivity (Wildman–Crippen MR) is 55.2 cm³/mol. The molecule has 0 aromatic heterocycles. The Morgan fingerprint density at radius 3 is 2.69 bits per heavy atom. The van der Waals surface area contributed by atoms with Gasteiger partial charge in [-0.1, -0.05) is 23.7 Å². The summed E-state index contributed by atoms with van der Waals surface area (Å²) >= 11 is 6.00. The van der Waals surface area contributed by atoms with Crippen LogP contribution in [0.3, 0.4) is 0 Å². The van der Waals surface area contributed by atoms with Crippen LogP contribution >= 0.6 is 11.6 Å². The van der Waals surface area contributed by atoms with E-state index in [0.29, 0.717) is 6.42 Å². The number of rotatable bonds is 3. The standard InChI is InChI=1S/C11H13ClO/c1-8-3-5-10(11(12)7-8)6-4-9(2)13/h3,5,7H,4,6H2,1-2H3. The minimum atomic E-state index is 0.205. The van der Waals surface area contributed by atoms with Gasteiger partial charge < -0.3 is 4.79 Å². The number of carbonyl (C=O) groups excluding carboxylic acids is 1. The maximum atomic E-state index is 10.8. The lowest BCUT2D eigenvalue weighted by Gasteiger charge is -2.03. The lowest BCUT2D eigenvalue weighted by atomic mass is 10.1. The summed E-state index contributed by atoms with van der Waals surface area (Å²) in [5.41, 5.74) is 2.21. The number of carbonyl (C=O) groups is 1. The number of hydrogen-bond acceptors (Lipinski definition) is 1. The topological polar surface area (TPSA) is 17.1 Å². The Labute approximate surface area is 83.7 Å². The van der Waals surface area contributed by atoms with Crippen LogP contribution in [-0.2, 0) is 11.2 Å². The maximum Gasteiger partial charge on any atom is 0.130 e. The SMILES string of the molecule is CC(=O)CCc1ccc(C)cc1Cl. The second kappa shape index (κ2) is 4.43. The highest BCUT2D eigenvalue weighted by atomic mass is 35.5. The zero-order valence-corrected chi connectivity index (χ0v) is 8.69. The van der Waals surface area contributed by atoms with Gasteiger partial charge in [0.25, 0.3) is 0 Å². The molecule has 0 atom stereocenters. The Morgan fingerprint density at radius 2 is 2.15 bits per heavy atom. The van der Waals surface area contributed by atoms with E-state index in [0.717, 1.165) is 22.6 Å². The molecule has 70 valence electrons. The van der Waals surface area contributed by atoms with Crippen LogP contribution in [0.1, 0.15) is 24.5 Å². The summed E-state index contributed by atoms with van der Waals surface area (Å²) in [5.74, 6) is 0.205. The van der Waals surface area contributed by atoms with E-state index < -0.39 is 0 Å². The van der Waals surface area contributed by atoms with E-state index in [9.17, 15) is 4.79 Å². The van der Waals surface area contributed by atoms with Crippen molar-refractivity contribution in [2.45, 2.75) is 26.7 Å². The monoisotopic (exact) mass is 196 g/mol. The van der Waals surface area contributed by atoms with Gasteiger partial charge in [-0.25, -0.2) is 0 Å². The van der Waals surface area contributed by atoms with Gasteiger partial charge in [0, 0.05) is 11.4 Å². The highest BCUT2D eigenvalue weighted by Gasteiger charge is 2.01. The largest absolute Gasteiger partial charge is 0.300 e. The van der Waals surface area contributed by atoms with Gasteiger partial charge in [-0.05, 0) is 37.5 Å². The molecule has 1 aromatic rings. The first-order valence-electron chi connectivity index (χ1n) is 4.34. The molecule has 0 spiro atoms. The first kappa shape index (κ1) is 10.3. The second-order valence-corrected chi connectivity index (χ2v) is 3.70. The fourth-order valence-corrected chi connectivity index (χ4v) is 1.50. The summed E-state index contributed by atoms with van der Waals surface area (Å²) in [4.78, 5) is 10.8. The zero-order chi connectivity index (χ0) is 9.84. The molecule has 2 heteroatoms. The summed E-state index contributed by atoms with van der Waals surface area (Å²) in [7, 11) is 0. The van der Waals surface area contributed by atoms with Gasteiger partial charge >= 0.3 is 0 Å². The normalized spacial score (nSPS) is 10.1. The molecule has 0 saturated carbocycles. The molecule has 0 heterocycles. The first-order valence-corrected chi connectivity index (χ1v) is 4.72. The number of aryl methyl sites for hydroxylation is 2. The van der Waals surface area contributed by atoms with Crippen molar-refractivity contribution >= 4 is 17.4 Å². The van der Waals surface area contributed by atoms with E-state index in [1.807, 2.05) is 25.1 Å². The molecule has 0 unspecified atom stereocenters. The minimum Gasteiger partial charge on any atom is -0.300 e. The summed E-state index contributed by atoms with van der Waals surface area (Å²) in [6.45, 7) is 3.60. The van der Waals surface area contributed by atoms with Crippen LogP contribution in [0, 0.1) is 6.92 Å². The summed E-state index contributed by atoms with van der Waals surface area (Å²) < 4.78 is 0. The van der Waals surface area contributed by atoms with Crippen LogP contribution in [-0.4, -0.2) is 5.78 Å². The molecule has 0 radical (unpaired) electrons. The van der Waals surface area contributed by atoms with Gasteiger partial charge in [0.1, 0.15) is 5.78 Å². The summed E-state index contributed by atoms with van der Waals surface area (Å²) in [6.07, 6.45) is 1.32. The van der Waals surface area contributed by atoms with Crippen LogP contribution < -0.4 is 0 Å². The van der Waals surface area contributed by atoms with Gasteiger partial charge in [-0.15, -0.1) is 0 Å². The molecule has 0 aliphatic carbocycles. The Morgan fingerprint density at radius 1 is 1.46 bits per heavy atom. The molecule has 0 saturated heterocycles. The van der Waals surface area contributed by atoms with Crippen LogP contribution in [0.4, 0.5) is 0 Å². The van der Waals surface area contributed by atoms with Gasteiger partial charge in [-0.3, -0.25) is 0 Å². The molecular weight excluding hydrogens is 184 g/mol. The molecule has 1 rings (SSSR count). The lowest BCUT2D eigenvalue weighted by molar-refractivity contribution is -0.116. The van der Waals surface area contributed by atoms with Crippen molar-refractivity contribution < 1.29 is 4.79 Å². The van der Waals surface area contributed by atoms with Crippen molar-refractivity contribution in [3.63, 3.8) is 0 Å². The Kier molecular flexibility index (Phi) is 3.49. The quantitative estimate of drug-likeness (QED) is 0.726. The molecule has 0 bridgehead atoms. The van der Waals surface area contributed by atoms with E-state index in [1.165, 1.54) is 0 Å². The van der Waals surface area contributed by atoms with Gasteiger partial charge in [0.15, 0.2) is 0 Å². The number of hydrogen-bond donors (Lipinski definition) is 0. The smallest absolute Gasteiger partial charge is 0.130 e. The number of benzene rings is 1. The number of halogens is 1. The second-order valence-electron chi connectivity index (χ2n) is 3.30. The third-order valence-electron chi connectivity index (χ3n) is 1.95. The summed E-state index contributed by atoms with van der Waals surface area (Å²) in [6, 6.07) is 5.93. The van der Waals surface area contributed by atoms with Crippen LogP contribution in [0.5, 0.6) is 0 Å². The highest BCUT2D eigenvalue weighted by Crippen LogP contribution is 2.18. The van der Waals surface area contributed by atoms with Crippen molar-refractivity contribution in [3.05, 3.63) is 34.3 Å². The van der Waals surface area contributed by atoms with Crippen LogP contribution in [0.25, 0.3) is 0 Å². The Hall–Kier alpha value is -0.820. The number of ketones is 1. The minimum absolute atomic E-state index is 0.205. The molecule has 1 nitrogen and oxygen atoms in total. The third kappa shape index (κ3) is 3.19. The van der Waals surface area contributed by atoms with Crippen LogP contribution in [0.2, 0.25) is 5.02 Å². The van der Waals surface area contributed by atoms with Crippen molar-refractivity contribution in [2.75, 3.05) is 0 Å². The van der Waals surface area contributed by atoms with Crippen molar-refractivity contribution in [3.8, 4) is 0 Å². The maximum absolute atomic E-state index is 10.8. The van der Waals surface area contributed by atoms with E-state index in [-0.39, 0.29) is 5.78 Å². The molecule has 0 amide bonds. The molecule has 0 aliphatic rings. The average Bonchev–Trinajstić information content (AvgIpc) is 2.02. The molecule has 0 fully saturated rings. The molecule has 0 N–H and O–H groups in total. The fourth-order valence-electron chi connectivity index (χ4n) is 1.17. The third-order valence-corrected chi connectivity index (χ3v) is 2.31. The van der Waals surface area contributed by atoms with E-state index in [2.05, 4.69) is 0 Å². The summed E-state index contributed by atoms with van der Waals surface area (Å²) in [5, 5.41) is 0.765. The fraction of sp³-hybridized carbons (Fsp3) is 0.364. The number of Topliss-reactive ketones (excluding diaryl/α,β-unsaturated/α-hetero) is 1. The van der Waals surface area contributed by atoms with Gasteiger partial charge in [0.2, 0.25) is 0 Å². The molecular formula is C11H13ClO. The van der Waals surface area contributed by atoms with E-state index >= 15 is 0 Å². The lowest BCUT2D eigenvalue weighted by Crippen LogP contribution is -1.94. The average molecular weight is 197 g/mol. The highest BCUT2D eigenvalue weighted by molar-refractivity contribution is 6.31. The first-order chi connectivity index (χ1) is 6.09.